The predicted molar refractivity (Wildman–Crippen MR) is 71.9 cm³/mol. The number of rotatable bonds is 4. The van der Waals surface area contributed by atoms with Crippen molar-refractivity contribution >= 4 is 11.8 Å². The number of hydrogen-bond donors (Lipinski definition) is 1. The van der Waals surface area contributed by atoms with Gasteiger partial charge in [-0.3, -0.25) is 9.59 Å². The van der Waals surface area contributed by atoms with E-state index in [1.54, 1.807) is 7.05 Å². The maximum absolute atomic E-state index is 13.3. The van der Waals surface area contributed by atoms with Crippen molar-refractivity contribution in [1.29, 1.82) is 0 Å². The fraction of sp³-hybridized carbons (Fsp3) is 0.500. The molecule has 0 bridgehead atoms. The Balaban J connectivity index is 2.22. The van der Waals surface area contributed by atoms with Crippen molar-refractivity contribution in [3.05, 3.63) is 30.1 Å². The molecule has 1 saturated heterocycles. The summed E-state index contributed by atoms with van der Waals surface area (Å²) in [6, 6.07) is 2.66. The molecule has 0 spiro atoms. The van der Waals surface area contributed by atoms with E-state index in [0.717, 1.165) is 12.4 Å². The van der Waals surface area contributed by atoms with Crippen molar-refractivity contribution in [2.45, 2.75) is 30.4 Å². The lowest BCUT2D eigenvalue weighted by atomic mass is 10.00. The molecule has 1 aromatic rings. The number of likely N-dealkylation sites (tertiary alicyclic amines) is 1. The normalized spacial score (nSPS) is 19.0. The summed E-state index contributed by atoms with van der Waals surface area (Å²) in [7, 11) is 1.54. The maximum Gasteiger partial charge on any atom is 0.460 e. The molecule has 2 rings (SSSR count). The molecule has 1 aliphatic heterocycles. The Kier molecular flexibility index (Phi) is 4.90. The van der Waals surface area contributed by atoms with Crippen LogP contribution in [0.2, 0.25) is 0 Å². The molecule has 144 valence electrons. The second kappa shape index (κ2) is 6.40. The topological polar surface area (TPSA) is 53.3 Å². The van der Waals surface area contributed by atoms with Gasteiger partial charge in [-0.25, -0.2) is 0 Å². The SMILES string of the molecule is CN1CCC(c2ccc[n+](NC(=O)C(F)(F)C(F)(F)C(F)(F)F)c2)C1=O. The molecule has 26 heavy (non-hydrogen) atoms. The molecule has 0 aromatic carbocycles. The number of carbonyl (C=O) groups is 2. The van der Waals surface area contributed by atoms with Gasteiger partial charge in [-0.1, -0.05) is 4.68 Å². The predicted octanol–water partition coefficient (Wildman–Crippen LogP) is 1.82. The molecule has 2 heterocycles. The molecule has 1 atom stereocenters. The van der Waals surface area contributed by atoms with Crippen LogP contribution in [-0.4, -0.2) is 48.3 Å². The Morgan fingerprint density at radius 1 is 1.23 bits per heavy atom. The van der Waals surface area contributed by atoms with E-state index < -0.39 is 29.8 Å². The van der Waals surface area contributed by atoms with E-state index in [4.69, 9.17) is 0 Å². The van der Waals surface area contributed by atoms with E-state index in [0.29, 0.717) is 17.6 Å². The van der Waals surface area contributed by atoms with Crippen LogP contribution >= 0.6 is 0 Å². The van der Waals surface area contributed by atoms with E-state index in [1.807, 2.05) is 0 Å². The van der Waals surface area contributed by atoms with Gasteiger partial charge in [-0.15, -0.1) is 5.43 Å². The number of hydrogen-bond acceptors (Lipinski definition) is 2. The molecule has 12 heteroatoms. The van der Waals surface area contributed by atoms with E-state index in [9.17, 15) is 40.3 Å². The van der Waals surface area contributed by atoms with Crippen molar-refractivity contribution in [2.75, 3.05) is 19.0 Å². The summed E-state index contributed by atoms with van der Waals surface area (Å²) in [5, 5.41) is 0. The molecule has 1 fully saturated rings. The average Bonchev–Trinajstić information content (AvgIpc) is 2.86. The number of likely N-dealkylation sites (N-methyl/N-ethyl adjacent to an activating group) is 1. The van der Waals surface area contributed by atoms with E-state index in [-0.39, 0.29) is 11.5 Å². The summed E-state index contributed by atoms with van der Waals surface area (Å²) >= 11 is 0. The minimum absolute atomic E-state index is 0.275. The Morgan fingerprint density at radius 3 is 2.35 bits per heavy atom. The number of halogens is 7. The van der Waals surface area contributed by atoms with Gasteiger partial charge in [0, 0.05) is 25.2 Å². The van der Waals surface area contributed by atoms with Crippen LogP contribution < -0.4 is 10.1 Å². The average molecular weight is 388 g/mol. The third-order valence-electron chi connectivity index (χ3n) is 3.92. The summed E-state index contributed by atoms with van der Waals surface area (Å²) in [5.41, 5.74) is 1.56. The highest BCUT2D eigenvalue weighted by atomic mass is 19.4. The minimum Gasteiger partial charge on any atom is -0.345 e. The number of carbonyl (C=O) groups excluding carboxylic acids is 2. The standard InChI is InChI=1S/C14H12F7N3O2/c1-23-6-4-9(10(23)25)8-3-2-5-24(7-8)22-11(26)12(15,16)13(17,18)14(19,20)21/h2-3,5,7,9H,4,6H2,1H3/p+1. The van der Waals surface area contributed by atoms with Crippen molar-refractivity contribution in [1.82, 2.24) is 4.90 Å². The third-order valence-corrected chi connectivity index (χ3v) is 3.92. The van der Waals surface area contributed by atoms with Gasteiger partial charge in [0.1, 0.15) is 0 Å². The Morgan fingerprint density at radius 2 is 1.85 bits per heavy atom. The van der Waals surface area contributed by atoms with Crippen LogP contribution in [-0.2, 0) is 9.59 Å². The van der Waals surface area contributed by atoms with E-state index >= 15 is 0 Å². The van der Waals surface area contributed by atoms with Crippen LogP contribution in [0.1, 0.15) is 17.9 Å². The Hall–Kier alpha value is -2.40. The third kappa shape index (κ3) is 3.31. The van der Waals surface area contributed by atoms with Gasteiger partial charge in [0.05, 0.1) is 5.92 Å². The quantitative estimate of drug-likeness (QED) is 0.632. The molecule has 0 radical (unpaired) electrons. The summed E-state index contributed by atoms with van der Waals surface area (Å²) in [6.45, 7) is 0.431. The molecule has 0 saturated carbocycles. The zero-order valence-electron chi connectivity index (χ0n) is 13.2. The molecule has 5 nitrogen and oxygen atoms in total. The lowest BCUT2D eigenvalue weighted by molar-refractivity contribution is -0.643. The summed E-state index contributed by atoms with van der Waals surface area (Å²) in [4.78, 5) is 24.7. The second-order valence-corrected chi connectivity index (χ2v) is 5.73. The van der Waals surface area contributed by atoms with Gasteiger partial charge in [0.2, 0.25) is 12.1 Å². The number of nitrogens with zero attached hydrogens (tertiary/aromatic N) is 2. The molecule has 1 unspecified atom stereocenters. The first-order chi connectivity index (χ1) is 11.8. The zero-order valence-corrected chi connectivity index (χ0v) is 13.2. The molecule has 2 amide bonds. The molecule has 1 N–H and O–H groups in total. The van der Waals surface area contributed by atoms with Gasteiger partial charge in [-0.05, 0) is 12.5 Å². The highest BCUT2D eigenvalue weighted by Crippen LogP contribution is 2.46. The Bertz CT molecular complexity index is 721. The van der Waals surface area contributed by atoms with Crippen molar-refractivity contribution in [3.63, 3.8) is 0 Å². The lowest BCUT2D eigenvalue weighted by Crippen LogP contribution is -2.62. The van der Waals surface area contributed by atoms with Crippen LogP contribution in [0.4, 0.5) is 30.7 Å². The highest BCUT2D eigenvalue weighted by molar-refractivity contribution is 5.90. The van der Waals surface area contributed by atoms with Crippen LogP contribution in [0.5, 0.6) is 0 Å². The van der Waals surface area contributed by atoms with Crippen LogP contribution in [0, 0.1) is 0 Å². The molecule has 1 aromatic heterocycles. The largest absolute Gasteiger partial charge is 0.460 e. The van der Waals surface area contributed by atoms with Gasteiger partial charge < -0.3 is 4.90 Å². The summed E-state index contributed by atoms with van der Waals surface area (Å²) in [6.07, 6.45) is -4.26. The van der Waals surface area contributed by atoms with Gasteiger partial charge in [-0.2, -0.15) is 30.7 Å². The van der Waals surface area contributed by atoms with Crippen molar-refractivity contribution in [2.24, 2.45) is 0 Å². The van der Waals surface area contributed by atoms with Gasteiger partial charge in [0.15, 0.2) is 6.20 Å². The van der Waals surface area contributed by atoms with Crippen molar-refractivity contribution in [3.8, 4) is 0 Å². The first-order valence-corrected chi connectivity index (χ1v) is 7.19. The fourth-order valence-corrected chi connectivity index (χ4v) is 2.41. The number of aromatic nitrogens is 1. The fourth-order valence-electron chi connectivity index (χ4n) is 2.41. The maximum atomic E-state index is 13.3. The van der Waals surface area contributed by atoms with E-state index in [2.05, 4.69) is 0 Å². The number of amides is 2. The molecule has 0 aliphatic carbocycles. The lowest BCUT2D eigenvalue weighted by Gasteiger charge is -2.25. The number of nitrogens with one attached hydrogen (secondary N) is 1. The number of alkyl halides is 7. The first kappa shape index (κ1) is 19.9. The Labute approximate surface area is 142 Å². The summed E-state index contributed by atoms with van der Waals surface area (Å²) < 4.78 is 89.3. The zero-order chi connectivity index (χ0) is 19.9. The molecule has 1 aliphatic rings. The highest BCUT2D eigenvalue weighted by Gasteiger charge is 2.77. The first-order valence-electron chi connectivity index (χ1n) is 7.19. The van der Waals surface area contributed by atoms with Crippen LogP contribution in [0.15, 0.2) is 24.5 Å². The van der Waals surface area contributed by atoms with Crippen LogP contribution in [0.25, 0.3) is 0 Å². The smallest absolute Gasteiger partial charge is 0.345 e. The van der Waals surface area contributed by atoms with Crippen molar-refractivity contribution < 1.29 is 45.0 Å². The van der Waals surface area contributed by atoms with Crippen LogP contribution in [0.3, 0.4) is 0 Å². The monoisotopic (exact) mass is 388 g/mol. The molecular weight excluding hydrogens is 375 g/mol. The number of pyridine rings is 1. The molecular formula is C14H13F7N3O2+. The summed E-state index contributed by atoms with van der Waals surface area (Å²) in [5.74, 6) is -16.3. The van der Waals surface area contributed by atoms with Gasteiger partial charge in [0.25, 0.3) is 0 Å². The second-order valence-electron chi connectivity index (χ2n) is 5.73. The minimum atomic E-state index is -6.61. The van der Waals surface area contributed by atoms with Gasteiger partial charge >= 0.3 is 23.9 Å². The van der Waals surface area contributed by atoms with E-state index in [1.165, 1.54) is 22.5 Å².